The summed E-state index contributed by atoms with van der Waals surface area (Å²) in [5.41, 5.74) is 0.968. The van der Waals surface area contributed by atoms with Gasteiger partial charge in [-0.25, -0.2) is 6.07 Å². The van der Waals surface area contributed by atoms with Gasteiger partial charge in [0.25, 0.3) is 0 Å². The molecule has 4 aromatic rings. The Bertz CT molecular complexity index is 677. The first-order chi connectivity index (χ1) is 14.4. The number of halogens is 2. The summed E-state index contributed by atoms with van der Waals surface area (Å²) in [5.74, 6) is 5.11. The van der Waals surface area contributed by atoms with E-state index >= 15 is 0 Å². The molecule has 4 heteroatoms. The van der Waals surface area contributed by atoms with Gasteiger partial charge in [-0.3, -0.25) is 8.19 Å². The molecule has 0 aliphatic heterocycles. The summed E-state index contributed by atoms with van der Waals surface area (Å²) in [6.45, 7) is 3.62. The molecule has 3 aromatic carbocycles. The molecule has 0 N–H and O–H groups in total. The molecule has 1 aromatic heterocycles. The minimum atomic E-state index is 0. The first kappa shape index (κ1) is 34.7. The van der Waals surface area contributed by atoms with Crippen LogP contribution < -0.4 is 24.8 Å². The maximum Gasteiger partial charge on any atom is 2.00 e. The van der Waals surface area contributed by atoms with Gasteiger partial charge in [0.1, 0.15) is 0 Å². The zero-order valence-electron chi connectivity index (χ0n) is 17.6. The summed E-state index contributed by atoms with van der Waals surface area (Å²) in [6, 6.07) is 41.5. The molecular weight excluding hydrogens is 529 g/mol. The van der Waals surface area contributed by atoms with E-state index in [0.717, 1.165) is 13.8 Å². The topological polar surface area (TPSA) is 0 Å². The van der Waals surface area contributed by atoms with Crippen LogP contribution in [0.4, 0.5) is 0 Å². The predicted octanol–water partition coefficient (Wildman–Crippen LogP) is 1.46. The van der Waals surface area contributed by atoms with Gasteiger partial charge in [-0.1, -0.05) is 0 Å². The van der Waals surface area contributed by atoms with E-state index in [1.165, 1.54) is 0 Å². The van der Waals surface area contributed by atoms with E-state index in [9.17, 15) is 0 Å². The average molecular weight is 554 g/mol. The summed E-state index contributed by atoms with van der Waals surface area (Å²) >= 11 is 0. The maximum absolute atomic E-state index is 3.62. The second kappa shape index (κ2) is 29.1. The van der Waals surface area contributed by atoms with Crippen LogP contribution in [0.5, 0.6) is 0 Å². The van der Waals surface area contributed by atoms with Crippen molar-refractivity contribution in [1.29, 1.82) is 0 Å². The Morgan fingerprint density at radius 2 is 1.03 bits per heavy atom. The molecule has 0 nitrogen and oxygen atoms in total. The molecule has 1 aliphatic carbocycles. The normalized spacial score (nSPS) is 9.19. The van der Waals surface area contributed by atoms with Crippen molar-refractivity contribution in [2.75, 3.05) is 0 Å². The van der Waals surface area contributed by atoms with E-state index in [1.54, 1.807) is 0 Å². The van der Waals surface area contributed by atoms with E-state index in [-0.39, 0.29) is 51.0 Å². The molecule has 0 spiro atoms. The zero-order chi connectivity index (χ0) is 20.7. The summed E-state index contributed by atoms with van der Waals surface area (Å²) in [7, 11) is 0.823. The molecule has 1 unspecified atom stereocenters. The van der Waals surface area contributed by atoms with Crippen LogP contribution in [0.15, 0.2) is 139 Å². The molecule has 0 radical (unpaired) electrons. The molecule has 1 heterocycles. The molecule has 1 atom stereocenters. The first-order valence-electron chi connectivity index (χ1n) is 9.07. The Hall–Kier alpha value is -1.88. The Morgan fingerprint density at radius 3 is 1.12 bits per heavy atom. The third-order valence-corrected chi connectivity index (χ3v) is 3.62. The molecule has 0 amide bonds. The molecule has 0 saturated heterocycles. The van der Waals surface area contributed by atoms with Crippen LogP contribution in [0.1, 0.15) is 0 Å². The molecule has 32 heavy (non-hydrogen) atoms. The molecule has 0 fully saturated rings. The fourth-order valence-corrected chi connectivity index (χ4v) is 2.12. The van der Waals surface area contributed by atoms with E-state index in [0.29, 0.717) is 0 Å². The number of allylic oxidation sites excluding steroid dienone is 5. The molecular formula is C28H24Cl2PZr-5. The maximum atomic E-state index is 3.62. The van der Waals surface area contributed by atoms with Crippen LogP contribution in [0.25, 0.3) is 0 Å². The van der Waals surface area contributed by atoms with Crippen LogP contribution in [0.2, 0.25) is 0 Å². The van der Waals surface area contributed by atoms with Gasteiger partial charge in [-0.05, 0) is 0 Å². The Labute approximate surface area is 227 Å². The summed E-state index contributed by atoms with van der Waals surface area (Å²) in [6.07, 6.45) is 8.57. The van der Waals surface area contributed by atoms with Crippen molar-refractivity contribution in [2.24, 2.45) is 0 Å². The van der Waals surface area contributed by atoms with Gasteiger partial charge in [0.2, 0.25) is 0 Å². The molecule has 1 aliphatic rings. The van der Waals surface area contributed by atoms with Crippen LogP contribution >= 0.6 is 8.19 Å². The van der Waals surface area contributed by atoms with Gasteiger partial charge in [-0.15, -0.1) is 6.08 Å². The van der Waals surface area contributed by atoms with E-state index in [1.807, 2.05) is 121 Å². The van der Waals surface area contributed by atoms with Crippen LogP contribution in [-0.4, -0.2) is 0 Å². The predicted molar refractivity (Wildman–Crippen MR) is 127 cm³/mol. The SMILES string of the molecule is C=C1[C-]=CC=C1.[Cl-].[Cl-].[Zr+2].[c-]1ccc[pH]1.[c-]1ccccc1.[c-]1ccccc1.[c-]1ccccc1. The van der Waals surface area contributed by atoms with E-state index in [2.05, 4.69) is 42.5 Å². The minimum absolute atomic E-state index is 0. The average Bonchev–Trinajstić information content (AvgIpc) is 3.56. The van der Waals surface area contributed by atoms with Crippen molar-refractivity contribution in [2.45, 2.75) is 0 Å². The summed E-state index contributed by atoms with van der Waals surface area (Å²) in [5, 5.41) is 0. The number of hydrogen-bond acceptors (Lipinski definition) is 0. The van der Waals surface area contributed by atoms with Crippen molar-refractivity contribution < 1.29 is 51.0 Å². The van der Waals surface area contributed by atoms with Gasteiger partial charge >= 0.3 is 26.2 Å². The Morgan fingerprint density at radius 1 is 0.594 bits per heavy atom. The van der Waals surface area contributed by atoms with Crippen molar-refractivity contribution in [3.8, 4) is 0 Å². The van der Waals surface area contributed by atoms with Crippen molar-refractivity contribution in [3.63, 3.8) is 0 Å². The fourth-order valence-electron chi connectivity index (χ4n) is 1.63. The van der Waals surface area contributed by atoms with Gasteiger partial charge in [0.05, 0.1) is 0 Å². The Balaban J connectivity index is -0.000000321. The second-order valence-corrected chi connectivity index (χ2v) is 6.15. The molecule has 164 valence electrons. The van der Waals surface area contributed by atoms with Gasteiger partial charge in [0.15, 0.2) is 0 Å². The van der Waals surface area contributed by atoms with Crippen LogP contribution in [0, 0.1) is 30.1 Å². The number of rotatable bonds is 0. The Kier molecular flexibility index (Phi) is 31.6. The first-order valence-corrected chi connectivity index (χ1v) is 10.2. The number of benzene rings is 3. The minimum Gasteiger partial charge on any atom is -1.00 e. The molecule has 5 rings (SSSR count). The van der Waals surface area contributed by atoms with Gasteiger partial charge in [-0.2, -0.15) is 157 Å². The monoisotopic (exact) mass is 551 g/mol. The van der Waals surface area contributed by atoms with Crippen molar-refractivity contribution in [3.05, 3.63) is 169 Å². The van der Waals surface area contributed by atoms with Crippen molar-refractivity contribution in [1.82, 2.24) is 0 Å². The fraction of sp³-hybridized carbons (Fsp3) is 0. The molecule has 0 bridgehead atoms. The molecule has 0 saturated carbocycles. The van der Waals surface area contributed by atoms with Crippen LogP contribution in [-0.2, 0) is 26.2 Å². The van der Waals surface area contributed by atoms with E-state index in [4.69, 9.17) is 0 Å². The van der Waals surface area contributed by atoms with Gasteiger partial charge < -0.3 is 24.8 Å². The second-order valence-electron chi connectivity index (χ2n) is 5.24. The van der Waals surface area contributed by atoms with E-state index < -0.39 is 0 Å². The third kappa shape index (κ3) is 26.2. The third-order valence-electron chi connectivity index (χ3n) is 2.93. The van der Waals surface area contributed by atoms with Crippen molar-refractivity contribution >= 4 is 8.19 Å². The van der Waals surface area contributed by atoms with Gasteiger partial charge in [0, 0.05) is 0 Å². The standard InChI is InChI=1S/4C6H5.C4H4P.2ClH.Zr/c1-6-4-2-3-5-6;3*1-2-4-6-5-3-1;1-2-4-5-3-1;;;/h2-4H,1H2;3*1-5H;1-3,5H;2*1H;/q5*-1;;;+2/p-2. The van der Waals surface area contributed by atoms with Crippen LogP contribution in [0.3, 0.4) is 0 Å². The largest absolute Gasteiger partial charge is 2.00 e. The summed E-state index contributed by atoms with van der Waals surface area (Å²) in [4.78, 5) is 0. The number of hydrogen-bond donors (Lipinski definition) is 0. The summed E-state index contributed by atoms with van der Waals surface area (Å²) < 4.78 is 0. The smallest absolute Gasteiger partial charge is 1.00 e. The zero-order valence-corrected chi connectivity index (χ0v) is 22.6. The quantitative estimate of drug-likeness (QED) is 0.290.